The Morgan fingerprint density at radius 1 is 1.04 bits per heavy atom. The van der Waals surface area contributed by atoms with E-state index in [1.807, 2.05) is 29.0 Å². The summed E-state index contributed by atoms with van der Waals surface area (Å²) in [7, 11) is 1.58. The van der Waals surface area contributed by atoms with Gasteiger partial charge in [-0.05, 0) is 42.8 Å². The first-order valence-corrected chi connectivity index (χ1v) is 8.10. The molecule has 25 heavy (non-hydrogen) atoms. The van der Waals surface area contributed by atoms with Crippen molar-refractivity contribution in [3.63, 3.8) is 0 Å². The van der Waals surface area contributed by atoms with Crippen molar-refractivity contribution in [2.75, 3.05) is 7.11 Å². The van der Waals surface area contributed by atoms with Crippen LogP contribution in [0, 0.1) is 6.92 Å². The van der Waals surface area contributed by atoms with E-state index in [0.717, 1.165) is 5.56 Å². The van der Waals surface area contributed by atoms with Crippen LogP contribution >= 0.6 is 0 Å². The molecule has 1 aromatic heterocycles. The van der Waals surface area contributed by atoms with Crippen molar-refractivity contribution in [1.82, 2.24) is 4.57 Å². The molecule has 0 radical (unpaired) electrons. The SMILES string of the molecule is COc1cccc(C(=O)N=c2ccccn2Cc2ccc(C)cc2)c1. The predicted octanol–water partition coefficient (Wildman–Crippen LogP) is 3.59. The molecule has 126 valence electrons. The fraction of sp³-hybridized carbons (Fsp3) is 0.143. The highest BCUT2D eigenvalue weighted by atomic mass is 16.5. The molecule has 0 aliphatic heterocycles. The Morgan fingerprint density at radius 2 is 1.84 bits per heavy atom. The van der Waals surface area contributed by atoms with Gasteiger partial charge in [-0.15, -0.1) is 0 Å². The van der Waals surface area contributed by atoms with Crippen LogP contribution in [0.5, 0.6) is 5.75 Å². The summed E-state index contributed by atoms with van der Waals surface area (Å²) >= 11 is 0. The van der Waals surface area contributed by atoms with E-state index in [9.17, 15) is 4.79 Å². The summed E-state index contributed by atoms with van der Waals surface area (Å²) in [5, 5.41) is 0. The number of carbonyl (C=O) groups is 1. The number of hydrogen-bond donors (Lipinski definition) is 0. The molecule has 0 aliphatic rings. The molecule has 0 saturated carbocycles. The Hall–Kier alpha value is -3.14. The van der Waals surface area contributed by atoms with Crippen molar-refractivity contribution in [2.24, 2.45) is 4.99 Å². The number of ether oxygens (including phenoxy) is 1. The molecule has 3 rings (SSSR count). The van der Waals surface area contributed by atoms with E-state index in [2.05, 4.69) is 36.2 Å². The zero-order chi connectivity index (χ0) is 17.6. The molecule has 0 aliphatic carbocycles. The summed E-state index contributed by atoms with van der Waals surface area (Å²) in [6.07, 6.45) is 1.93. The van der Waals surface area contributed by atoms with Gasteiger partial charge in [-0.3, -0.25) is 4.79 Å². The van der Waals surface area contributed by atoms with E-state index >= 15 is 0 Å². The van der Waals surface area contributed by atoms with E-state index in [0.29, 0.717) is 23.3 Å². The third-order valence-electron chi connectivity index (χ3n) is 3.92. The average Bonchev–Trinajstić information content (AvgIpc) is 2.65. The molecule has 0 atom stereocenters. The Morgan fingerprint density at radius 3 is 2.60 bits per heavy atom. The van der Waals surface area contributed by atoms with Crippen LogP contribution in [-0.4, -0.2) is 17.6 Å². The maximum atomic E-state index is 12.5. The molecule has 4 nitrogen and oxygen atoms in total. The molecule has 2 aromatic carbocycles. The topological polar surface area (TPSA) is 43.6 Å². The van der Waals surface area contributed by atoms with Crippen molar-refractivity contribution < 1.29 is 9.53 Å². The number of aryl methyl sites for hydroxylation is 1. The molecule has 1 heterocycles. The molecule has 0 saturated heterocycles. The lowest BCUT2D eigenvalue weighted by Gasteiger charge is -2.08. The Balaban J connectivity index is 1.92. The van der Waals surface area contributed by atoms with Gasteiger partial charge in [0.15, 0.2) is 0 Å². The monoisotopic (exact) mass is 332 g/mol. The first-order chi connectivity index (χ1) is 12.2. The molecular formula is C21H20N2O2. The number of nitrogens with zero attached hydrogens (tertiary/aromatic N) is 2. The van der Waals surface area contributed by atoms with Gasteiger partial charge >= 0.3 is 0 Å². The van der Waals surface area contributed by atoms with E-state index in [4.69, 9.17) is 4.74 Å². The van der Waals surface area contributed by atoms with Crippen LogP contribution in [0.2, 0.25) is 0 Å². The van der Waals surface area contributed by atoms with Crippen LogP contribution < -0.4 is 10.2 Å². The fourth-order valence-electron chi connectivity index (χ4n) is 2.52. The lowest BCUT2D eigenvalue weighted by Crippen LogP contribution is -2.22. The van der Waals surface area contributed by atoms with Gasteiger partial charge in [0.1, 0.15) is 11.2 Å². The zero-order valence-corrected chi connectivity index (χ0v) is 14.3. The Bertz CT molecular complexity index is 940. The molecule has 0 N–H and O–H groups in total. The van der Waals surface area contributed by atoms with Crippen LogP contribution in [0.3, 0.4) is 0 Å². The lowest BCUT2D eigenvalue weighted by atomic mass is 10.1. The second-order valence-electron chi connectivity index (χ2n) is 5.82. The summed E-state index contributed by atoms with van der Waals surface area (Å²) in [6.45, 7) is 2.72. The van der Waals surface area contributed by atoms with Crippen molar-refractivity contribution in [3.05, 3.63) is 95.1 Å². The molecule has 1 amide bonds. The minimum Gasteiger partial charge on any atom is -0.497 e. The molecule has 0 spiro atoms. The maximum Gasteiger partial charge on any atom is 0.279 e. The summed E-state index contributed by atoms with van der Waals surface area (Å²) in [5.41, 5.74) is 3.51. The third kappa shape index (κ3) is 4.23. The molecule has 0 fully saturated rings. The number of pyridine rings is 1. The summed E-state index contributed by atoms with van der Waals surface area (Å²) in [4.78, 5) is 16.8. The Kier molecular flexibility index (Phi) is 5.09. The van der Waals surface area contributed by atoms with Gasteiger partial charge in [-0.2, -0.15) is 4.99 Å². The van der Waals surface area contributed by atoms with Gasteiger partial charge < -0.3 is 9.30 Å². The second-order valence-corrected chi connectivity index (χ2v) is 5.82. The first-order valence-electron chi connectivity index (χ1n) is 8.10. The number of benzene rings is 2. The number of rotatable bonds is 4. The number of methoxy groups -OCH3 is 1. The van der Waals surface area contributed by atoms with Crippen molar-refractivity contribution in [1.29, 1.82) is 0 Å². The van der Waals surface area contributed by atoms with E-state index in [-0.39, 0.29) is 5.91 Å². The third-order valence-corrected chi connectivity index (χ3v) is 3.92. The average molecular weight is 332 g/mol. The summed E-state index contributed by atoms with van der Waals surface area (Å²) < 4.78 is 7.13. The minimum absolute atomic E-state index is 0.289. The first kappa shape index (κ1) is 16.7. The van der Waals surface area contributed by atoms with Crippen LogP contribution in [0.25, 0.3) is 0 Å². The summed E-state index contributed by atoms with van der Waals surface area (Å²) in [5.74, 6) is 0.351. The van der Waals surface area contributed by atoms with E-state index in [1.54, 1.807) is 31.4 Å². The quantitative estimate of drug-likeness (QED) is 0.733. The van der Waals surface area contributed by atoms with Crippen LogP contribution in [0.15, 0.2) is 77.9 Å². The minimum atomic E-state index is -0.289. The van der Waals surface area contributed by atoms with Crippen LogP contribution in [0.4, 0.5) is 0 Å². The highest BCUT2D eigenvalue weighted by Crippen LogP contribution is 2.13. The number of hydrogen-bond acceptors (Lipinski definition) is 2. The van der Waals surface area contributed by atoms with Crippen LogP contribution in [0.1, 0.15) is 21.5 Å². The highest BCUT2D eigenvalue weighted by Gasteiger charge is 2.06. The number of amides is 1. The second kappa shape index (κ2) is 7.62. The number of aromatic nitrogens is 1. The predicted molar refractivity (Wildman–Crippen MR) is 97.6 cm³/mol. The van der Waals surface area contributed by atoms with E-state index < -0.39 is 0 Å². The lowest BCUT2D eigenvalue weighted by molar-refractivity contribution is 0.0997. The normalized spacial score (nSPS) is 11.4. The maximum absolute atomic E-state index is 12.5. The number of carbonyl (C=O) groups excluding carboxylic acids is 1. The Labute approximate surface area is 147 Å². The zero-order valence-electron chi connectivity index (χ0n) is 14.3. The molecule has 0 bridgehead atoms. The summed E-state index contributed by atoms with van der Waals surface area (Å²) in [6, 6.07) is 21.0. The van der Waals surface area contributed by atoms with Crippen molar-refractivity contribution in [2.45, 2.75) is 13.5 Å². The van der Waals surface area contributed by atoms with Gasteiger partial charge in [0, 0.05) is 18.3 Å². The van der Waals surface area contributed by atoms with Crippen molar-refractivity contribution in [3.8, 4) is 5.75 Å². The standard InChI is InChI=1S/C21H20N2O2/c1-16-9-11-17(12-10-16)15-23-13-4-3-8-20(23)22-21(24)18-6-5-7-19(14-18)25-2/h3-14H,15H2,1-2H3. The van der Waals surface area contributed by atoms with E-state index in [1.165, 1.54) is 5.56 Å². The van der Waals surface area contributed by atoms with Gasteiger partial charge in [-0.1, -0.05) is 42.0 Å². The molecular weight excluding hydrogens is 312 g/mol. The molecule has 3 aromatic rings. The van der Waals surface area contributed by atoms with Crippen molar-refractivity contribution >= 4 is 5.91 Å². The molecule has 4 heteroatoms. The van der Waals surface area contributed by atoms with Gasteiger partial charge in [-0.25, -0.2) is 0 Å². The van der Waals surface area contributed by atoms with Crippen LogP contribution in [-0.2, 0) is 6.54 Å². The fourth-order valence-corrected chi connectivity index (χ4v) is 2.52. The van der Waals surface area contributed by atoms with Gasteiger partial charge in [0.25, 0.3) is 5.91 Å². The largest absolute Gasteiger partial charge is 0.497 e. The molecule has 0 unspecified atom stereocenters. The highest BCUT2D eigenvalue weighted by molar-refractivity contribution is 5.95. The smallest absolute Gasteiger partial charge is 0.279 e. The van der Waals surface area contributed by atoms with Gasteiger partial charge in [0.2, 0.25) is 0 Å². The van der Waals surface area contributed by atoms with Gasteiger partial charge in [0.05, 0.1) is 7.11 Å².